The third-order valence-electron chi connectivity index (χ3n) is 3.75. The number of H-pyrrole nitrogens is 1. The van der Waals surface area contributed by atoms with E-state index >= 15 is 0 Å². The number of halogens is 2. The van der Waals surface area contributed by atoms with Crippen LogP contribution in [-0.2, 0) is 11.5 Å². The lowest BCUT2D eigenvalue weighted by atomic mass is 10.1. The molecule has 0 spiro atoms. The summed E-state index contributed by atoms with van der Waals surface area (Å²) in [7, 11) is 0. The van der Waals surface area contributed by atoms with E-state index in [9.17, 15) is 13.6 Å². The summed E-state index contributed by atoms with van der Waals surface area (Å²) in [6.45, 7) is 5.06. The van der Waals surface area contributed by atoms with Crippen molar-refractivity contribution in [2.24, 2.45) is 0 Å². The number of hydrogen-bond donors (Lipinski definition) is 2. The summed E-state index contributed by atoms with van der Waals surface area (Å²) in [5.74, 6) is -3.11. The van der Waals surface area contributed by atoms with Gasteiger partial charge in [0, 0.05) is 5.56 Å². The molecule has 3 rings (SSSR count). The van der Waals surface area contributed by atoms with Crippen molar-refractivity contribution in [2.75, 3.05) is 11.9 Å². The molecule has 0 amide bonds. The SMILES string of the molecule is CC(C)(C)n1ncc2c(=O)[nH]c(NCC(F)(F)c3ccccc3)nc21. The van der Waals surface area contributed by atoms with E-state index in [-0.39, 0.29) is 11.5 Å². The lowest BCUT2D eigenvalue weighted by Gasteiger charge is -2.20. The normalized spacial score (nSPS) is 12.5. The zero-order chi connectivity index (χ0) is 18.2. The second-order valence-corrected chi connectivity index (χ2v) is 6.80. The Labute approximate surface area is 142 Å². The van der Waals surface area contributed by atoms with Crippen molar-refractivity contribution in [2.45, 2.75) is 32.2 Å². The number of aromatic amines is 1. The summed E-state index contributed by atoms with van der Waals surface area (Å²) >= 11 is 0. The van der Waals surface area contributed by atoms with E-state index in [1.807, 2.05) is 20.8 Å². The monoisotopic (exact) mass is 347 g/mol. The zero-order valence-corrected chi connectivity index (χ0v) is 14.2. The quantitative estimate of drug-likeness (QED) is 0.760. The van der Waals surface area contributed by atoms with Gasteiger partial charge in [-0.25, -0.2) is 4.68 Å². The highest BCUT2D eigenvalue weighted by molar-refractivity contribution is 5.74. The van der Waals surface area contributed by atoms with E-state index in [1.165, 1.54) is 18.3 Å². The Morgan fingerprint density at radius 1 is 1.20 bits per heavy atom. The van der Waals surface area contributed by atoms with Crippen LogP contribution in [0, 0.1) is 0 Å². The minimum absolute atomic E-state index is 0.0147. The van der Waals surface area contributed by atoms with E-state index in [0.29, 0.717) is 11.0 Å². The van der Waals surface area contributed by atoms with Gasteiger partial charge in [-0.3, -0.25) is 9.78 Å². The Bertz CT molecular complexity index is 941. The Kier molecular flexibility index (Phi) is 4.06. The van der Waals surface area contributed by atoms with Crippen LogP contribution >= 0.6 is 0 Å². The number of anilines is 1. The van der Waals surface area contributed by atoms with Crippen molar-refractivity contribution in [3.05, 3.63) is 52.4 Å². The molecule has 2 heterocycles. The molecule has 0 aliphatic rings. The molecule has 0 atom stereocenters. The summed E-state index contributed by atoms with van der Waals surface area (Å²) in [6.07, 6.45) is 1.43. The second-order valence-electron chi connectivity index (χ2n) is 6.80. The van der Waals surface area contributed by atoms with Crippen LogP contribution in [0.1, 0.15) is 26.3 Å². The molecule has 0 aliphatic heterocycles. The van der Waals surface area contributed by atoms with E-state index in [0.717, 1.165) is 0 Å². The maximum atomic E-state index is 14.3. The van der Waals surface area contributed by atoms with E-state index in [2.05, 4.69) is 20.4 Å². The van der Waals surface area contributed by atoms with Crippen LogP contribution in [0.25, 0.3) is 11.0 Å². The number of benzene rings is 1. The predicted molar refractivity (Wildman–Crippen MR) is 92.0 cm³/mol. The lowest BCUT2D eigenvalue weighted by molar-refractivity contribution is 0.0104. The van der Waals surface area contributed by atoms with Gasteiger partial charge in [-0.1, -0.05) is 30.3 Å². The molecule has 0 saturated carbocycles. The smallest absolute Gasteiger partial charge is 0.290 e. The van der Waals surface area contributed by atoms with E-state index < -0.39 is 23.6 Å². The number of rotatable bonds is 4. The van der Waals surface area contributed by atoms with Gasteiger partial charge < -0.3 is 5.32 Å². The topological polar surface area (TPSA) is 75.6 Å². The third-order valence-corrected chi connectivity index (χ3v) is 3.75. The van der Waals surface area contributed by atoms with Gasteiger partial charge in [-0.05, 0) is 20.8 Å². The van der Waals surface area contributed by atoms with Crippen LogP contribution in [0.3, 0.4) is 0 Å². The fourth-order valence-electron chi connectivity index (χ4n) is 2.47. The number of fused-ring (bicyclic) bond motifs is 1. The summed E-state index contributed by atoms with van der Waals surface area (Å²) in [5, 5.41) is 7.03. The Morgan fingerprint density at radius 2 is 1.88 bits per heavy atom. The minimum Gasteiger partial charge on any atom is -0.349 e. The standard InChI is InChI=1S/C17H19F2N5O/c1-16(2,3)24-13-12(9-21-24)14(25)23-15(22-13)20-10-17(18,19)11-7-5-4-6-8-11/h4-9H,10H2,1-3H3,(H2,20,22,23,25). The average Bonchev–Trinajstić information content (AvgIpc) is 2.99. The molecule has 2 aromatic heterocycles. The maximum absolute atomic E-state index is 14.3. The maximum Gasteiger partial charge on any atom is 0.290 e. The second kappa shape index (κ2) is 5.94. The van der Waals surface area contributed by atoms with Crippen molar-refractivity contribution in [3.63, 3.8) is 0 Å². The minimum atomic E-state index is -3.10. The number of hydrogen-bond acceptors (Lipinski definition) is 4. The van der Waals surface area contributed by atoms with Crippen LogP contribution in [-0.4, -0.2) is 26.3 Å². The molecule has 25 heavy (non-hydrogen) atoms. The van der Waals surface area contributed by atoms with Gasteiger partial charge in [0.05, 0.1) is 18.3 Å². The van der Waals surface area contributed by atoms with E-state index in [1.54, 1.807) is 22.9 Å². The first kappa shape index (κ1) is 17.1. The number of nitrogens with one attached hydrogen (secondary N) is 2. The number of nitrogens with zero attached hydrogens (tertiary/aromatic N) is 3. The van der Waals surface area contributed by atoms with Crippen LogP contribution in [0.15, 0.2) is 41.3 Å². The molecular formula is C17H19F2N5O. The van der Waals surface area contributed by atoms with Crippen molar-refractivity contribution in [3.8, 4) is 0 Å². The average molecular weight is 347 g/mol. The molecule has 3 aromatic rings. The predicted octanol–water partition coefficient (Wildman–Crippen LogP) is 3.08. The summed E-state index contributed by atoms with van der Waals surface area (Å²) in [4.78, 5) is 18.9. The fourth-order valence-corrected chi connectivity index (χ4v) is 2.47. The first-order valence-corrected chi connectivity index (χ1v) is 7.84. The van der Waals surface area contributed by atoms with Gasteiger partial charge in [0.1, 0.15) is 5.39 Å². The van der Waals surface area contributed by atoms with Gasteiger partial charge in [-0.2, -0.15) is 18.9 Å². The fraction of sp³-hybridized carbons (Fsp3) is 0.353. The number of alkyl halides is 2. The largest absolute Gasteiger partial charge is 0.349 e. The van der Waals surface area contributed by atoms with Gasteiger partial charge in [0.2, 0.25) is 5.95 Å². The molecule has 0 aliphatic carbocycles. The van der Waals surface area contributed by atoms with E-state index in [4.69, 9.17) is 0 Å². The molecule has 0 bridgehead atoms. The summed E-state index contributed by atoms with van der Waals surface area (Å²) in [5.41, 5.74) is -0.577. The highest BCUT2D eigenvalue weighted by Gasteiger charge is 2.31. The molecule has 0 saturated heterocycles. The first-order chi connectivity index (χ1) is 11.7. The Morgan fingerprint density at radius 3 is 2.52 bits per heavy atom. The molecule has 2 N–H and O–H groups in total. The Hall–Kier alpha value is -2.77. The zero-order valence-electron chi connectivity index (χ0n) is 14.2. The van der Waals surface area contributed by atoms with Crippen LogP contribution < -0.4 is 10.9 Å². The lowest BCUT2D eigenvalue weighted by Crippen LogP contribution is -2.27. The van der Waals surface area contributed by atoms with Crippen molar-refractivity contribution in [1.82, 2.24) is 19.7 Å². The summed E-state index contributed by atoms with van der Waals surface area (Å²) in [6, 6.07) is 7.49. The Balaban J connectivity index is 1.91. The first-order valence-electron chi connectivity index (χ1n) is 7.84. The highest BCUT2D eigenvalue weighted by Crippen LogP contribution is 2.27. The molecular weight excluding hydrogens is 328 g/mol. The van der Waals surface area contributed by atoms with Crippen molar-refractivity contribution >= 4 is 17.0 Å². The molecule has 0 fully saturated rings. The van der Waals surface area contributed by atoms with Gasteiger partial charge in [0.25, 0.3) is 11.5 Å². The molecule has 0 unspecified atom stereocenters. The molecule has 6 nitrogen and oxygen atoms in total. The van der Waals surface area contributed by atoms with Gasteiger partial charge in [0.15, 0.2) is 5.65 Å². The molecule has 0 radical (unpaired) electrons. The third kappa shape index (κ3) is 3.38. The van der Waals surface area contributed by atoms with Crippen LogP contribution in [0.2, 0.25) is 0 Å². The van der Waals surface area contributed by atoms with Crippen LogP contribution in [0.5, 0.6) is 0 Å². The summed E-state index contributed by atoms with van der Waals surface area (Å²) < 4.78 is 30.1. The van der Waals surface area contributed by atoms with Crippen molar-refractivity contribution in [1.29, 1.82) is 0 Å². The molecule has 132 valence electrons. The van der Waals surface area contributed by atoms with Gasteiger partial charge >= 0.3 is 0 Å². The van der Waals surface area contributed by atoms with Gasteiger partial charge in [-0.15, -0.1) is 0 Å². The highest BCUT2D eigenvalue weighted by atomic mass is 19.3. The number of aromatic nitrogens is 4. The van der Waals surface area contributed by atoms with Crippen molar-refractivity contribution < 1.29 is 8.78 Å². The molecule has 8 heteroatoms. The van der Waals surface area contributed by atoms with Crippen LogP contribution in [0.4, 0.5) is 14.7 Å². The molecule has 1 aromatic carbocycles.